The fraction of sp³-hybridized carbons (Fsp3) is 0.450. The van der Waals surface area contributed by atoms with Gasteiger partial charge in [0.05, 0.1) is 18.6 Å². The summed E-state index contributed by atoms with van der Waals surface area (Å²) in [5.74, 6) is -2.15. The van der Waals surface area contributed by atoms with Gasteiger partial charge in [0.2, 0.25) is 0 Å². The second-order valence-corrected chi connectivity index (χ2v) is 6.40. The molecule has 9 heteroatoms. The Morgan fingerprint density at radius 3 is 2.17 bits per heavy atom. The van der Waals surface area contributed by atoms with E-state index < -0.39 is 35.2 Å². The molecule has 0 unspecified atom stereocenters. The number of alkyl halides is 3. The zero-order valence-electron chi connectivity index (χ0n) is 15.8. The number of hydrogen-bond donors (Lipinski definition) is 0. The first-order chi connectivity index (χ1) is 13.7. The van der Waals surface area contributed by atoms with Gasteiger partial charge in [0.25, 0.3) is 0 Å². The molecule has 2 rings (SSSR count). The lowest BCUT2D eigenvalue weighted by Crippen LogP contribution is -2.38. The van der Waals surface area contributed by atoms with Crippen LogP contribution in [0.3, 0.4) is 0 Å². The van der Waals surface area contributed by atoms with E-state index in [1.807, 2.05) is 0 Å². The molecule has 29 heavy (non-hydrogen) atoms. The molecule has 0 amide bonds. The number of ether oxygens (including phenoxy) is 3. The topological polar surface area (TPSA) is 78.9 Å². The summed E-state index contributed by atoms with van der Waals surface area (Å²) in [7, 11) is 0. The standard InChI is InChI=1S/C20H21F3O6/c1-2-27-17(25)10-13-28-16(24)8-9-18(26)29-19(11-3-12-19)14-4-6-15(7-5-14)20(21,22)23/h4-9H,2-3,10-13H2,1H3/b9-8+. The monoisotopic (exact) mass is 414 g/mol. The number of rotatable bonds is 8. The van der Waals surface area contributed by atoms with Crippen LogP contribution < -0.4 is 0 Å². The highest BCUT2D eigenvalue weighted by Crippen LogP contribution is 2.45. The SMILES string of the molecule is CCOC(=O)CCOC(=O)/C=C/C(=O)OC1(c2ccc(C(F)(F)F)cc2)CCC1. The van der Waals surface area contributed by atoms with E-state index in [2.05, 4.69) is 4.74 Å². The van der Waals surface area contributed by atoms with Crippen molar-refractivity contribution in [2.24, 2.45) is 0 Å². The number of benzene rings is 1. The van der Waals surface area contributed by atoms with Crippen LogP contribution in [-0.4, -0.2) is 31.1 Å². The second kappa shape index (κ2) is 9.58. The van der Waals surface area contributed by atoms with Crippen molar-refractivity contribution in [3.05, 3.63) is 47.5 Å². The summed E-state index contributed by atoms with van der Waals surface area (Å²) >= 11 is 0. The fourth-order valence-electron chi connectivity index (χ4n) is 2.79. The molecule has 0 spiro atoms. The Morgan fingerprint density at radius 2 is 1.66 bits per heavy atom. The normalized spacial score (nSPS) is 15.4. The fourth-order valence-corrected chi connectivity index (χ4v) is 2.79. The Bertz CT molecular complexity index is 763. The molecule has 0 heterocycles. The second-order valence-electron chi connectivity index (χ2n) is 6.40. The van der Waals surface area contributed by atoms with Crippen molar-refractivity contribution in [1.82, 2.24) is 0 Å². The van der Waals surface area contributed by atoms with E-state index in [4.69, 9.17) is 9.47 Å². The number of carbonyl (C=O) groups is 3. The first-order valence-electron chi connectivity index (χ1n) is 9.07. The lowest BCUT2D eigenvalue weighted by atomic mass is 9.74. The molecule has 0 aromatic heterocycles. The van der Waals surface area contributed by atoms with Gasteiger partial charge in [-0.05, 0) is 43.9 Å². The minimum Gasteiger partial charge on any atom is -0.466 e. The van der Waals surface area contributed by atoms with Crippen LogP contribution in [0, 0.1) is 0 Å². The van der Waals surface area contributed by atoms with Crippen LogP contribution in [0.5, 0.6) is 0 Å². The summed E-state index contributed by atoms with van der Waals surface area (Å²) in [4.78, 5) is 34.7. The third-order valence-corrected chi connectivity index (χ3v) is 4.41. The Kier molecular flexibility index (Phi) is 7.41. The van der Waals surface area contributed by atoms with E-state index in [1.54, 1.807) is 6.92 Å². The lowest BCUT2D eigenvalue weighted by molar-refractivity contribution is -0.165. The summed E-state index contributed by atoms with van der Waals surface area (Å²) in [6, 6.07) is 4.48. The summed E-state index contributed by atoms with van der Waals surface area (Å²) in [6.45, 7) is 1.68. The number of carbonyl (C=O) groups excluding carboxylic acids is 3. The van der Waals surface area contributed by atoms with Gasteiger partial charge in [-0.15, -0.1) is 0 Å². The van der Waals surface area contributed by atoms with E-state index in [0.29, 0.717) is 18.4 Å². The third-order valence-electron chi connectivity index (χ3n) is 4.41. The van der Waals surface area contributed by atoms with Crippen LogP contribution in [0.1, 0.15) is 43.7 Å². The minimum atomic E-state index is -4.45. The van der Waals surface area contributed by atoms with Gasteiger partial charge in [-0.3, -0.25) is 4.79 Å². The number of hydrogen-bond acceptors (Lipinski definition) is 6. The van der Waals surface area contributed by atoms with Gasteiger partial charge >= 0.3 is 24.1 Å². The largest absolute Gasteiger partial charge is 0.466 e. The highest BCUT2D eigenvalue weighted by molar-refractivity contribution is 5.92. The van der Waals surface area contributed by atoms with Crippen LogP contribution in [-0.2, 0) is 40.4 Å². The van der Waals surface area contributed by atoms with Crippen molar-refractivity contribution in [3.8, 4) is 0 Å². The molecule has 158 valence electrons. The van der Waals surface area contributed by atoms with Gasteiger partial charge in [0.15, 0.2) is 0 Å². The summed E-state index contributed by atoms with van der Waals surface area (Å²) in [5, 5.41) is 0. The van der Waals surface area contributed by atoms with Crippen molar-refractivity contribution in [2.75, 3.05) is 13.2 Å². The first-order valence-corrected chi connectivity index (χ1v) is 9.07. The Morgan fingerprint density at radius 1 is 1.03 bits per heavy atom. The third kappa shape index (κ3) is 6.33. The zero-order chi connectivity index (χ0) is 21.5. The molecule has 0 saturated heterocycles. The summed E-state index contributed by atoms with van der Waals surface area (Å²) < 4.78 is 53.0. The smallest absolute Gasteiger partial charge is 0.416 e. The van der Waals surface area contributed by atoms with E-state index >= 15 is 0 Å². The van der Waals surface area contributed by atoms with Gasteiger partial charge in [-0.1, -0.05) is 12.1 Å². The molecule has 1 aromatic carbocycles. The Balaban J connectivity index is 1.90. The zero-order valence-corrected chi connectivity index (χ0v) is 15.8. The molecule has 1 aliphatic rings. The van der Waals surface area contributed by atoms with Crippen molar-refractivity contribution >= 4 is 17.9 Å². The van der Waals surface area contributed by atoms with Crippen LogP contribution in [0.2, 0.25) is 0 Å². The predicted octanol–water partition coefficient (Wildman–Crippen LogP) is 3.68. The molecule has 1 aliphatic carbocycles. The molecular weight excluding hydrogens is 393 g/mol. The number of halogens is 3. The molecule has 0 aliphatic heterocycles. The lowest BCUT2D eigenvalue weighted by Gasteiger charge is -2.41. The minimum absolute atomic E-state index is 0.102. The molecule has 1 fully saturated rings. The van der Waals surface area contributed by atoms with Gasteiger partial charge in [0.1, 0.15) is 12.2 Å². The molecule has 0 radical (unpaired) electrons. The van der Waals surface area contributed by atoms with Crippen LogP contribution >= 0.6 is 0 Å². The highest BCUT2D eigenvalue weighted by atomic mass is 19.4. The highest BCUT2D eigenvalue weighted by Gasteiger charge is 2.42. The maximum atomic E-state index is 12.7. The van der Waals surface area contributed by atoms with Crippen molar-refractivity contribution < 1.29 is 41.8 Å². The number of esters is 3. The van der Waals surface area contributed by atoms with Crippen molar-refractivity contribution in [1.29, 1.82) is 0 Å². The van der Waals surface area contributed by atoms with E-state index in [0.717, 1.165) is 30.7 Å². The molecule has 0 atom stereocenters. The average molecular weight is 414 g/mol. The summed E-state index contributed by atoms with van der Waals surface area (Å²) in [5.41, 5.74) is -1.32. The maximum Gasteiger partial charge on any atom is 0.416 e. The van der Waals surface area contributed by atoms with Crippen LogP contribution in [0.4, 0.5) is 13.2 Å². The Labute approximate surface area is 165 Å². The van der Waals surface area contributed by atoms with E-state index in [9.17, 15) is 27.6 Å². The summed E-state index contributed by atoms with van der Waals surface area (Å²) in [6.07, 6.45) is -1.09. The van der Waals surface area contributed by atoms with Gasteiger partial charge < -0.3 is 14.2 Å². The van der Waals surface area contributed by atoms with E-state index in [1.165, 1.54) is 12.1 Å². The quantitative estimate of drug-likeness (QED) is 0.367. The van der Waals surface area contributed by atoms with Crippen molar-refractivity contribution in [3.63, 3.8) is 0 Å². The van der Waals surface area contributed by atoms with Crippen molar-refractivity contribution in [2.45, 2.75) is 44.4 Å². The van der Waals surface area contributed by atoms with E-state index in [-0.39, 0.29) is 19.6 Å². The Hall–Kier alpha value is -2.84. The maximum absolute atomic E-state index is 12.7. The molecule has 0 N–H and O–H groups in total. The van der Waals surface area contributed by atoms with Gasteiger partial charge in [0, 0.05) is 12.2 Å². The molecule has 1 saturated carbocycles. The first kappa shape index (κ1) is 22.4. The molecular formula is C20H21F3O6. The van der Waals surface area contributed by atoms with Gasteiger partial charge in [-0.2, -0.15) is 13.2 Å². The van der Waals surface area contributed by atoms with Crippen LogP contribution in [0.15, 0.2) is 36.4 Å². The van der Waals surface area contributed by atoms with Gasteiger partial charge in [-0.25, -0.2) is 9.59 Å². The average Bonchev–Trinajstić information content (AvgIpc) is 2.62. The molecule has 6 nitrogen and oxygen atoms in total. The van der Waals surface area contributed by atoms with Crippen LogP contribution in [0.25, 0.3) is 0 Å². The molecule has 0 bridgehead atoms. The predicted molar refractivity (Wildman–Crippen MR) is 94.4 cm³/mol. The molecule has 1 aromatic rings.